The molecule has 0 saturated heterocycles. The fourth-order valence-corrected chi connectivity index (χ4v) is 3.99. The monoisotopic (exact) mass is 463 g/mol. The molecule has 0 radical (unpaired) electrons. The minimum atomic E-state index is -0.0451. The van der Waals surface area contributed by atoms with Crippen LogP contribution in [0.25, 0.3) is 33.4 Å². The van der Waals surface area contributed by atoms with Gasteiger partial charge in [-0.15, -0.1) is 0 Å². The van der Waals surface area contributed by atoms with Gasteiger partial charge in [0.15, 0.2) is 5.82 Å². The summed E-state index contributed by atoms with van der Waals surface area (Å²) in [6.07, 6.45) is 3.52. The van der Waals surface area contributed by atoms with Crippen LogP contribution in [-0.4, -0.2) is 33.7 Å². The number of nitrogens with zero attached hydrogens (tertiary/aromatic N) is 4. The van der Waals surface area contributed by atoms with Gasteiger partial charge in [-0.1, -0.05) is 49.4 Å². The molecule has 1 atom stereocenters. The van der Waals surface area contributed by atoms with Crippen LogP contribution in [0.2, 0.25) is 0 Å². The van der Waals surface area contributed by atoms with Gasteiger partial charge in [-0.3, -0.25) is 9.97 Å². The van der Waals surface area contributed by atoms with E-state index in [1.165, 1.54) is 0 Å². The highest BCUT2D eigenvalue weighted by Crippen LogP contribution is 2.35. The van der Waals surface area contributed by atoms with Gasteiger partial charge in [0, 0.05) is 34.8 Å². The van der Waals surface area contributed by atoms with Crippen LogP contribution in [-0.2, 0) is 0 Å². The Hall–Kier alpha value is -4.52. The second kappa shape index (κ2) is 9.77. The summed E-state index contributed by atoms with van der Waals surface area (Å²) >= 11 is 0. The SMILES string of the molecule is COc1cccnc1C(C)COc1nc(-c2ccc3ncccc3c2)c(-c2ccccc2)nc1N. The fraction of sp³-hybridized carbons (Fsp3) is 0.143. The molecule has 5 aromatic rings. The number of benzene rings is 2. The Labute approximate surface area is 203 Å². The Morgan fingerprint density at radius 2 is 1.60 bits per heavy atom. The zero-order valence-electron chi connectivity index (χ0n) is 19.6. The summed E-state index contributed by atoms with van der Waals surface area (Å²) in [6, 6.07) is 23.6. The number of rotatable bonds is 7. The third-order valence-corrected chi connectivity index (χ3v) is 5.77. The number of aromatic nitrogens is 4. The molecule has 1 unspecified atom stereocenters. The van der Waals surface area contributed by atoms with Crippen molar-refractivity contribution in [2.45, 2.75) is 12.8 Å². The summed E-state index contributed by atoms with van der Waals surface area (Å²) in [5.74, 6) is 1.19. The van der Waals surface area contributed by atoms with Crippen molar-refractivity contribution >= 4 is 16.7 Å². The fourth-order valence-electron chi connectivity index (χ4n) is 3.99. The van der Waals surface area contributed by atoms with E-state index in [9.17, 15) is 0 Å². The Balaban J connectivity index is 1.54. The molecule has 35 heavy (non-hydrogen) atoms. The molecule has 0 aliphatic heterocycles. The van der Waals surface area contributed by atoms with Gasteiger partial charge < -0.3 is 15.2 Å². The van der Waals surface area contributed by atoms with Crippen molar-refractivity contribution in [2.24, 2.45) is 0 Å². The number of pyridine rings is 2. The molecule has 3 aromatic heterocycles. The highest BCUT2D eigenvalue weighted by molar-refractivity contribution is 5.87. The molecule has 0 spiro atoms. The van der Waals surface area contributed by atoms with Gasteiger partial charge in [0.25, 0.3) is 5.88 Å². The first-order valence-electron chi connectivity index (χ1n) is 11.3. The van der Waals surface area contributed by atoms with Crippen LogP contribution in [0.15, 0.2) is 85.2 Å². The number of nitrogen functional groups attached to an aromatic ring is 1. The van der Waals surface area contributed by atoms with Crippen LogP contribution in [0.4, 0.5) is 5.82 Å². The van der Waals surface area contributed by atoms with E-state index in [2.05, 4.69) is 16.0 Å². The topological polar surface area (TPSA) is 96.0 Å². The van der Waals surface area contributed by atoms with E-state index in [1.54, 1.807) is 19.5 Å². The molecule has 2 aromatic carbocycles. The summed E-state index contributed by atoms with van der Waals surface area (Å²) in [6.45, 7) is 2.34. The Bertz CT molecular complexity index is 1470. The van der Waals surface area contributed by atoms with Crippen molar-refractivity contribution in [2.75, 3.05) is 19.5 Å². The van der Waals surface area contributed by atoms with Crippen LogP contribution < -0.4 is 15.2 Å². The number of hydrogen-bond acceptors (Lipinski definition) is 7. The Morgan fingerprint density at radius 3 is 2.43 bits per heavy atom. The number of methoxy groups -OCH3 is 1. The molecule has 3 heterocycles. The zero-order valence-corrected chi connectivity index (χ0v) is 19.6. The number of anilines is 1. The lowest BCUT2D eigenvalue weighted by Gasteiger charge is -2.17. The van der Waals surface area contributed by atoms with Crippen molar-refractivity contribution < 1.29 is 9.47 Å². The van der Waals surface area contributed by atoms with Gasteiger partial charge in [-0.2, -0.15) is 0 Å². The van der Waals surface area contributed by atoms with Gasteiger partial charge in [-0.05, 0) is 30.3 Å². The normalized spacial score (nSPS) is 11.8. The first kappa shape index (κ1) is 22.3. The molecule has 7 nitrogen and oxygen atoms in total. The van der Waals surface area contributed by atoms with Crippen LogP contribution in [0.1, 0.15) is 18.5 Å². The smallest absolute Gasteiger partial charge is 0.257 e. The third-order valence-electron chi connectivity index (χ3n) is 5.77. The maximum atomic E-state index is 6.33. The Kier molecular flexibility index (Phi) is 6.22. The van der Waals surface area contributed by atoms with Crippen LogP contribution >= 0.6 is 0 Å². The highest BCUT2D eigenvalue weighted by Gasteiger charge is 2.19. The highest BCUT2D eigenvalue weighted by atomic mass is 16.5. The van der Waals surface area contributed by atoms with Crippen molar-refractivity contribution in [3.63, 3.8) is 0 Å². The molecular weight excluding hydrogens is 438 g/mol. The molecule has 0 fully saturated rings. The van der Waals surface area contributed by atoms with E-state index in [-0.39, 0.29) is 17.6 Å². The van der Waals surface area contributed by atoms with Crippen LogP contribution in [0, 0.1) is 0 Å². The standard InChI is InChI=1S/C28H25N5O2/c1-18(24-23(34-2)11-7-15-31-24)17-35-28-27(29)32-25(19-8-4-3-5-9-19)26(33-28)21-12-13-22-20(16-21)10-6-14-30-22/h3-16,18H,17H2,1-2H3,(H2,29,32). The van der Waals surface area contributed by atoms with Crippen molar-refractivity contribution in [1.29, 1.82) is 0 Å². The van der Waals surface area contributed by atoms with E-state index < -0.39 is 0 Å². The van der Waals surface area contributed by atoms with E-state index in [0.717, 1.165) is 27.7 Å². The van der Waals surface area contributed by atoms with E-state index >= 15 is 0 Å². The number of fused-ring (bicyclic) bond motifs is 1. The van der Waals surface area contributed by atoms with Crippen LogP contribution in [0.5, 0.6) is 11.6 Å². The maximum Gasteiger partial charge on any atom is 0.257 e. The average molecular weight is 464 g/mol. The molecule has 0 aliphatic rings. The molecule has 7 heteroatoms. The second-order valence-electron chi connectivity index (χ2n) is 8.19. The zero-order chi connectivity index (χ0) is 24.2. The number of ether oxygens (including phenoxy) is 2. The lowest BCUT2D eigenvalue weighted by atomic mass is 10.0. The molecule has 0 aliphatic carbocycles. The molecule has 2 N–H and O–H groups in total. The average Bonchev–Trinajstić information content (AvgIpc) is 2.92. The molecular formula is C28H25N5O2. The largest absolute Gasteiger partial charge is 0.495 e. The molecule has 5 rings (SSSR count). The summed E-state index contributed by atoms with van der Waals surface area (Å²) < 4.78 is 11.5. The number of nitrogens with two attached hydrogens (primary N) is 1. The molecule has 0 bridgehead atoms. The van der Waals surface area contributed by atoms with Crippen LogP contribution in [0.3, 0.4) is 0 Å². The van der Waals surface area contributed by atoms with Crippen molar-refractivity contribution in [1.82, 2.24) is 19.9 Å². The predicted octanol–water partition coefficient (Wildman–Crippen LogP) is 5.53. The van der Waals surface area contributed by atoms with E-state index in [1.807, 2.05) is 73.7 Å². The maximum absolute atomic E-state index is 6.33. The Morgan fingerprint density at radius 1 is 0.829 bits per heavy atom. The minimum Gasteiger partial charge on any atom is -0.495 e. The molecule has 0 saturated carbocycles. The summed E-state index contributed by atoms with van der Waals surface area (Å²) in [4.78, 5) is 18.4. The first-order chi connectivity index (χ1) is 17.1. The minimum absolute atomic E-state index is 0.0451. The summed E-state index contributed by atoms with van der Waals surface area (Å²) in [5, 5.41) is 1.01. The van der Waals surface area contributed by atoms with Gasteiger partial charge >= 0.3 is 0 Å². The molecule has 0 amide bonds. The first-order valence-corrected chi connectivity index (χ1v) is 11.3. The quantitative estimate of drug-likeness (QED) is 0.339. The van der Waals surface area contributed by atoms with Crippen molar-refractivity contribution in [3.8, 4) is 34.1 Å². The van der Waals surface area contributed by atoms with Crippen molar-refractivity contribution in [3.05, 3.63) is 90.9 Å². The lowest BCUT2D eigenvalue weighted by Crippen LogP contribution is -2.13. The molecule has 174 valence electrons. The van der Waals surface area contributed by atoms with Gasteiger partial charge in [0.05, 0.1) is 30.6 Å². The van der Waals surface area contributed by atoms with Gasteiger partial charge in [-0.25, -0.2) is 9.97 Å². The lowest BCUT2D eigenvalue weighted by molar-refractivity contribution is 0.280. The van der Waals surface area contributed by atoms with Gasteiger partial charge in [0.1, 0.15) is 11.4 Å². The van der Waals surface area contributed by atoms with E-state index in [4.69, 9.17) is 25.2 Å². The summed E-state index contributed by atoms with van der Waals surface area (Å²) in [5.41, 5.74) is 11.3. The number of hydrogen-bond donors (Lipinski definition) is 1. The van der Waals surface area contributed by atoms with E-state index in [0.29, 0.717) is 23.7 Å². The second-order valence-corrected chi connectivity index (χ2v) is 8.19. The van der Waals surface area contributed by atoms with Gasteiger partial charge in [0.2, 0.25) is 0 Å². The summed E-state index contributed by atoms with van der Waals surface area (Å²) in [7, 11) is 1.63. The predicted molar refractivity (Wildman–Crippen MR) is 137 cm³/mol. The third kappa shape index (κ3) is 4.61.